The molecule has 0 bridgehead atoms. The van der Waals surface area contributed by atoms with E-state index in [2.05, 4.69) is 20.8 Å². The predicted molar refractivity (Wildman–Crippen MR) is 110 cm³/mol. The van der Waals surface area contributed by atoms with E-state index in [1.54, 1.807) is 7.11 Å². The first-order chi connectivity index (χ1) is 13.7. The molecule has 3 aromatic rings. The minimum Gasteiger partial charge on any atom is -0.497 e. The number of anilines is 1. The first kappa shape index (κ1) is 18.2. The first-order valence-electron chi connectivity index (χ1n) is 9.35. The molecule has 1 unspecified atom stereocenters. The predicted octanol–water partition coefficient (Wildman–Crippen LogP) is 3.13. The standard InChI is InChI=1S/C21H23N5O2/c1-14-13-22-11-12-26(14)21(27)23-20-18-6-4-3-5-17(18)19(24-25-20)15-7-9-16(28-2)10-8-15/h3-10,14,22H,11-13H2,1-2H3,(H,23,25,27). The minimum absolute atomic E-state index is 0.131. The molecular weight excluding hydrogens is 354 g/mol. The normalized spacial score (nSPS) is 16.8. The van der Waals surface area contributed by atoms with Gasteiger partial charge in [0, 0.05) is 42.0 Å². The molecule has 0 radical (unpaired) electrons. The highest BCUT2D eigenvalue weighted by molar-refractivity contribution is 6.04. The number of piperazine rings is 1. The maximum absolute atomic E-state index is 12.8. The van der Waals surface area contributed by atoms with Gasteiger partial charge in [-0.05, 0) is 31.2 Å². The lowest BCUT2D eigenvalue weighted by molar-refractivity contribution is 0.177. The molecule has 2 aromatic carbocycles. The van der Waals surface area contributed by atoms with E-state index < -0.39 is 0 Å². The smallest absolute Gasteiger partial charge is 0.323 e. The summed E-state index contributed by atoms with van der Waals surface area (Å²) in [4.78, 5) is 14.6. The number of amides is 2. The van der Waals surface area contributed by atoms with Crippen LogP contribution in [0.3, 0.4) is 0 Å². The van der Waals surface area contributed by atoms with Crippen LogP contribution in [-0.4, -0.2) is 53.9 Å². The average Bonchev–Trinajstić information content (AvgIpc) is 2.74. The Morgan fingerprint density at radius 1 is 1.14 bits per heavy atom. The molecule has 1 aliphatic rings. The zero-order valence-electron chi connectivity index (χ0n) is 16.0. The van der Waals surface area contributed by atoms with Crippen molar-refractivity contribution >= 4 is 22.6 Å². The van der Waals surface area contributed by atoms with Crippen LogP contribution in [0, 0.1) is 0 Å². The van der Waals surface area contributed by atoms with Crippen LogP contribution in [0.4, 0.5) is 10.6 Å². The summed E-state index contributed by atoms with van der Waals surface area (Å²) in [5.74, 6) is 1.26. The van der Waals surface area contributed by atoms with Crippen LogP contribution in [0.25, 0.3) is 22.0 Å². The number of methoxy groups -OCH3 is 1. The van der Waals surface area contributed by atoms with Gasteiger partial charge in [-0.15, -0.1) is 10.2 Å². The van der Waals surface area contributed by atoms with Crippen LogP contribution in [0.15, 0.2) is 48.5 Å². The lowest BCUT2D eigenvalue weighted by atomic mass is 10.0. The molecule has 1 atom stereocenters. The van der Waals surface area contributed by atoms with E-state index in [-0.39, 0.29) is 12.1 Å². The van der Waals surface area contributed by atoms with Gasteiger partial charge in [0.2, 0.25) is 0 Å². The largest absolute Gasteiger partial charge is 0.497 e. The molecule has 1 saturated heterocycles. The monoisotopic (exact) mass is 377 g/mol. The fraction of sp³-hybridized carbons (Fsp3) is 0.286. The molecule has 2 amide bonds. The maximum Gasteiger partial charge on any atom is 0.323 e. The van der Waals surface area contributed by atoms with Crippen LogP contribution in [0.1, 0.15) is 6.92 Å². The second-order valence-corrected chi connectivity index (χ2v) is 6.85. The Kier molecular flexibility index (Phi) is 5.08. The van der Waals surface area contributed by atoms with E-state index >= 15 is 0 Å². The molecule has 4 rings (SSSR count). The van der Waals surface area contributed by atoms with E-state index in [1.807, 2.05) is 60.4 Å². The molecule has 0 spiro atoms. The number of carbonyl (C=O) groups excluding carboxylic acids is 1. The summed E-state index contributed by atoms with van der Waals surface area (Å²) in [5, 5.41) is 16.8. The Morgan fingerprint density at radius 2 is 1.89 bits per heavy atom. The van der Waals surface area contributed by atoms with Crippen molar-refractivity contribution in [2.45, 2.75) is 13.0 Å². The van der Waals surface area contributed by atoms with Gasteiger partial charge in [0.05, 0.1) is 7.11 Å². The van der Waals surface area contributed by atoms with E-state index in [9.17, 15) is 4.79 Å². The van der Waals surface area contributed by atoms with Crippen LogP contribution < -0.4 is 15.4 Å². The van der Waals surface area contributed by atoms with Gasteiger partial charge in [0.15, 0.2) is 5.82 Å². The van der Waals surface area contributed by atoms with Crippen LogP contribution in [0.5, 0.6) is 5.75 Å². The Morgan fingerprint density at radius 3 is 2.61 bits per heavy atom. The molecule has 1 fully saturated rings. The summed E-state index contributed by atoms with van der Waals surface area (Å²) < 4.78 is 5.23. The quantitative estimate of drug-likeness (QED) is 0.733. The minimum atomic E-state index is -0.148. The van der Waals surface area contributed by atoms with E-state index in [0.29, 0.717) is 12.4 Å². The van der Waals surface area contributed by atoms with Crippen molar-refractivity contribution in [1.82, 2.24) is 20.4 Å². The van der Waals surface area contributed by atoms with Gasteiger partial charge in [0.1, 0.15) is 11.4 Å². The van der Waals surface area contributed by atoms with Gasteiger partial charge in [-0.25, -0.2) is 4.79 Å². The van der Waals surface area contributed by atoms with Gasteiger partial charge < -0.3 is 15.0 Å². The van der Waals surface area contributed by atoms with E-state index in [0.717, 1.165) is 40.9 Å². The van der Waals surface area contributed by atoms with Crippen molar-refractivity contribution in [1.29, 1.82) is 0 Å². The van der Waals surface area contributed by atoms with Crippen LogP contribution >= 0.6 is 0 Å². The van der Waals surface area contributed by atoms with E-state index in [4.69, 9.17) is 4.74 Å². The third kappa shape index (κ3) is 3.48. The molecule has 7 nitrogen and oxygen atoms in total. The summed E-state index contributed by atoms with van der Waals surface area (Å²) in [6.45, 7) is 4.28. The van der Waals surface area contributed by atoms with Gasteiger partial charge in [-0.3, -0.25) is 5.32 Å². The Balaban J connectivity index is 1.68. The summed E-state index contributed by atoms with van der Waals surface area (Å²) >= 11 is 0. The topological polar surface area (TPSA) is 79.4 Å². The average molecular weight is 377 g/mol. The first-order valence-corrected chi connectivity index (χ1v) is 9.35. The molecule has 7 heteroatoms. The molecule has 0 saturated carbocycles. The molecule has 144 valence electrons. The van der Waals surface area contributed by atoms with Gasteiger partial charge in [-0.1, -0.05) is 24.3 Å². The number of hydrogen-bond donors (Lipinski definition) is 2. The number of hydrogen-bond acceptors (Lipinski definition) is 5. The Bertz CT molecular complexity index is 990. The Hall–Kier alpha value is -3.19. The van der Waals surface area contributed by atoms with Crippen LogP contribution in [0.2, 0.25) is 0 Å². The highest BCUT2D eigenvalue weighted by Crippen LogP contribution is 2.30. The van der Waals surface area contributed by atoms with Crippen molar-refractivity contribution in [3.05, 3.63) is 48.5 Å². The molecule has 2 heterocycles. The van der Waals surface area contributed by atoms with Crippen molar-refractivity contribution in [3.8, 4) is 17.0 Å². The van der Waals surface area contributed by atoms with Gasteiger partial charge in [-0.2, -0.15) is 0 Å². The number of nitrogens with zero attached hydrogens (tertiary/aromatic N) is 3. The van der Waals surface area contributed by atoms with Crippen molar-refractivity contribution < 1.29 is 9.53 Å². The maximum atomic E-state index is 12.8. The number of urea groups is 1. The summed E-state index contributed by atoms with van der Waals surface area (Å²) in [7, 11) is 1.64. The lowest BCUT2D eigenvalue weighted by Gasteiger charge is -2.33. The SMILES string of the molecule is COc1ccc(-c2nnc(NC(=O)N3CCNCC3C)c3ccccc23)cc1. The fourth-order valence-electron chi connectivity index (χ4n) is 3.47. The lowest BCUT2D eigenvalue weighted by Crippen LogP contribution is -2.53. The van der Waals surface area contributed by atoms with Crippen molar-refractivity contribution in [2.75, 3.05) is 32.1 Å². The zero-order valence-corrected chi connectivity index (χ0v) is 16.0. The van der Waals surface area contributed by atoms with Crippen LogP contribution in [-0.2, 0) is 0 Å². The molecule has 2 N–H and O–H groups in total. The van der Waals surface area contributed by atoms with E-state index in [1.165, 1.54) is 0 Å². The molecule has 1 aliphatic heterocycles. The molecule has 28 heavy (non-hydrogen) atoms. The molecule has 1 aromatic heterocycles. The zero-order chi connectivity index (χ0) is 19.5. The van der Waals surface area contributed by atoms with Gasteiger partial charge in [0.25, 0.3) is 0 Å². The number of carbonyl (C=O) groups is 1. The number of benzene rings is 2. The summed E-state index contributed by atoms with van der Waals surface area (Å²) in [6.07, 6.45) is 0. The second kappa shape index (κ2) is 7.82. The number of fused-ring (bicyclic) bond motifs is 1. The third-order valence-corrected chi connectivity index (χ3v) is 5.04. The van der Waals surface area contributed by atoms with Crippen molar-refractivity contribution in [2.24, 2.45) is 0 Å². The Labute approximate surface area is 163 Å². The van der Waals surface area contributed by atoms with Gasteiger partial charge >= 0.3 is 6.03 Å². The highest BCUT2D eigenvalue weighted by atomic mass is 16.5. The number of rotatable bonds is 3. The highest BCUT2D eigenvalue weighted by Gasteiger charge is 2.24. The summed E-state index contributed by atoms with van der Waals surface area (Å²) in [6, 6.07) is 15.5. The number of ether oxygens (including phenoxy) is 1. The number of aromatic nitrogens is 2. The van der Waals surface area contributed by atoms with Crippen molar-refractivity contribution in [3.63, 3.8) is 0 Å². The molecular formula is C21H23N5O2. The third-order valence-electron chi connectivity index (χ3n) is 5.04. The number of nitrogens with one attached hydrogen (secondary N) is 2. The second-order valence-electron chi connectivity index (χ2n) is 6.85. The summed E-state index contributed by atoms with van der Waals surface area (Å²) in [5.41, 5.74) is 1.71. The molecule has 0 aliphatic carbocycles. The fourth-order valence-corrected chi connectivity index (χ4v) is 3.47.